The van der Waals surface area contributed by atoms with E-state index in [2.05, 4.69) is 66.0 Å². The fraction of sp³-hybridized carbons (Fsp3) is 0. The van der Waals surface area contributed by atoms with E-state index in [1.165, 1.54) is 10.8 Å². The second kappa shape index (κ2) is 30.6. The van der Waals surface area contributed by atoms with E-state index in [-0.39, 0.29) is 17.1 Å². The number of nitrogens with zero attached hydrogens (tertiary/aromatic N) is 6. The zero-order chi connectivity index (χ0) is 19.6. The number of rotatable bonds is 0. The Morgan fingerprint density at radius 3 is 0.778 bits per heavy atom. The molecule has 0 aliphatic rings. The summed E-state index contributed by atoms with van der Waals surface area (Å²) in [6, 6.07) is 7.33. The molecule has 0 saturated heterocycles. The van der Waals surface area contributed by atoms with Gasteiger partial charge in [-0.2, -0.15) is 20.4 Å². The average Bonchev–Trinajstić information content (AvgIpc) is 3.53. The van der Waals surface area contributed by atoms with Gasteiger partial charge >= 0.3 is 17.1 Å². The Hall–Kier alpha value is -3.22. The van der Waals surface area contributed by atoms with Crippen molar-refractivity contribution < 1.29 is 17.1 Å². The minimum atomic E-state index is 0. The number of nitriles is 2. The summed E-state index contributed by atoms with van der Waals surface area (Å²) in [6.07, 6.45) is 13.8. The number of H-pyrrole nitrogens is 4. The van der Waals surface area contributed by atoms with Gasteiger partial charge in [-0.15, -0.1) is 0 Å². The summed E-state index contributed by atoms with van der Waals surface area (Å²) in [5.74, 6) is 0. The number of aromatic amines is 4. The smallest absolute Gasteiger partial charge is 0.696 e. The number of hydrogen-bond donors (Lipinski definition) is 4. The van der Waals surface area contributed by atoms with Crippen LogP contribution in [-0.2, 0) is 42.3 Å². The first-order valence-electron chi connectivity index (χ1n) is 6.60. The van der Waals surface area contributed by atoms with E-state index in [1.54, 1.807) is 49.6 Å². The van der Waals surface area contributed by atoms with E-state index >= 15 is 0 Å². The number of nitrogens with one attached hydrogen (secondary N) is 4. The predicted octanol–water partition coefficient (Wildman–Crippen LogP) is 1.67. The van der Waals surface area contributed by atoms with Crippen LogP contribution in [0.2, 0.25) is 0 Å². The Balaban J connectivity index is -0.000000258. The summed E-state index contributed by atoms with van der Waals surface area (Å²) < 4.78 is 0. The molecule has 4 rings (SSSR count). The Labute approximate surface area is 178 Å². The van der Waals surface area contributed by atoms with E-state index in [0.717, 1.165) is 0 Å². The maximum absolute atomic E-state index is 7.13. The van der Waals surface area contributed by atoms with E-state index in [0.29, 0.717) is 0 Å². The van der Waals surface area contributed by atoms with Gasteiger partial charge in [-0.25, -0.2) is 10.5 Å². The summed E-state index contributed by atoms with van der Waals surface area (Å²) in [4.78, 5) is 0. The minimum Gasteiger partial charge on any atom is -0.696 e. The number of aromatic nitrogens is 8. The van der Waals surface area contributed by atoms with Gasteiger partial charge in [0.25, 0.3) is 0 Å². The van der Waals surface area contributed by atoms with Crippen LogP contribution in [0.25, 0.3) is 0 Å². The number of hydrogen-bond acceptors (Lipinski definition) is 8. The van der Waals surface area contributed by atoms with Crippen molar-refractivity contribution in [3.05, 3.63) is 73.8 Å². The quantitative estimate of drug-likeness (QED) is 0.181. The van der Waals surface area contributed by atoms with E-state index in [1.807, 2.05) is 24.3 Å². The van der Waals surface area contributed by atoms with Crippen LogP contribution in [0, 0.1) is 21.3 Å². The normalized spacial score (nSPS) is 6.44. The van der Waals surface area contributed by atoms with Crippen molar-refractivity contribution in [2.24, 2.45) is 0 Å². The van der Waals surface area contributed by atoms with Crippen molar-refractivity contribution in [2.75, 3.05) is 0 Å². The first-order valence-corrected chi connectivity index (χ1v) is 7.42. The minimum absolute atomic E-state index is 0. The van der Waals surface area contributed by atoms with Crippen LogP contribution in [0.1, 0.15) is 0 Å². The zero-order valence-electron chi connectivity index (χ0n) is 13.8. The van der Waals surface area contributed by atoms with Gasteiger partial charge in [-0.05, 0) is 24.3 Å². The van der Waals surface area contributed by atoms with Crippen molar-refractivity contribution in [2.45, 2.75) is 0 Å². The molecule has 4 N–H and O–H groups in total. The molecule has 0 aliphatic carbocycles. The molecular weight excluding hydrogens is 427 g/mol. The molecule has 0 aromatic carbocycles. The molecular formula is C14H16MnN10S2. The second-order valence-corrected chi connectivity index (χ2v) is 3.61. The Morgan fingerprint density at radius 2 is 0.741 bits per heavy atom. The van der Waals surface area contributed by atoms with E-state index in [4.69, 9.17) is 10.5 Å². The third-order valence-electron chi connectivity index (χ3n) is 1.62. The molecule has 0 fully saturated rings. The fourth-order valence-electron chi connectivity index (χ4n) is 0.861. The zero-order valence-corrected chi connectivity index (χ0v) is 16.6. The first-order chi connectivity index (χ1) is 12.8. The van der Waals surface area contributed by atoms with Crippen LogP contribution in [0.4, 0.5) is 0 Å². The molecule has 1 radical (unpaired) electrons. The maximum atomic E-state index is 7.13. The van der Waals surface area contributed by atoms with E-state index in [9.17, 15) is 0 Å². The Bertz CT molecular complexity index is 515. The van der Waals surface area contributed by atoms with Crippen molar-refractivity contribution in [3.63, 3.8) is 0 Å². The van der Waals surface area contributed by atoms with E-state index < -0.39 is 0 Å². The molecule has 4 aromatic rings. The predicted molar refractivity (Wildman–Crippen MR) is 100 cm³/mol. The third-order valence-corrected chi connectivity index (χ3v) is 1.62. The molecule has 0 bridgehead atoms. The van der Waals surface area contributed by atoms with Crippen LogP contribution < -0.4 is 0 Å². The van der Waals surface area contributed by atoms with Crippen molar-refractivity contribution in [3.8, 4) is 10.8 Å². The molecule has 13 heteroatoms. The monoisotopic (exact) mass is 443 g/mol. The maximum Gasteiger partial charge on any atom is 2.00 e. The fourth-order valence-corrected chi connectivity index (χ4v) is 0.861. The molecule has 0 unspecified atom stereocenters. The Morgan fingerprint density at radius 1 is 0.556 bits per heavy atom. The van der Waals surface area contributed by atoms with Crippen molar-refractivity contribution >= 4 is 25.3 Å². The average molecular weight is 443 g/mol. The topological polar surface area (TPSA) is 162 Å². The molecule has 0 atom stereocenters. The summed E-state index contributed by atoms with van der Waals surface area (Å²) in [5.41, 5.74) is 0. The molecule has 0 aliphatic heterocycles. The molecule has 0 amide bonds. The summed E-state index contributed by atoms with van der Waals surface area (Å²) >= 11 is 7.40. The summed E-state index contributed by atoms with van der Waals surface area (Å²) in [5, 5.41) is 41.8. The van der Waals surface area contributed by atoms with Gasteiger partial charge in [0.05, 0.1) is 0 Å². The van der Waals surface area contributed by atoms with Gasteiger partial charge in [0, 0.05) is 49.6 Å². The molecule has 10 nitrogen and oxygen atoms in total. The van der Waals surface area contributed by atoms with Gasteiger partial charge in [-0.1, -0.05) is 10.8 Å². The Kier molecular flexibility index (Phi) is 32.4. The van der Waals surface area contributed by atoms with Crippen LogP contribution in [0.5, 0.6) is 0 Å². The second-order valence-electron chi connectivity index (χ2n) is 3.25. The molecule has 4 aromatic heterocycles. The van der Waals surface area contributed by atoms with Crippen LogP contribution >= 0.6 is 0 Å². The largest absolute Gasteiger partial charge is 2.00 e. The number of thiocyanates is 2. The summed E-state index contributed by atoms with van der Waals surface area (Å²) in [7, 11) is 0. The standard InChI is InChI=1S/4C3H4N2.2CHNS.Mn/c4*1-2-4-5-3-1;2*2-1-3;/h4*1-3H,(H,4,5);2*3H;/q;;;;;;+2/p-2. The van der Waals surface area contributed by atoms with Crippen molar-refractivity contribution in [1.82, 2.24) is 40.8 Å². The third kappa shape index (κ3) is 34.9. The van der Waals surface area contributed by atoms with Gasteiger partial charge < -0.3 is 25.3 Å². The molecule has 27 heavy (non-hydrogen) atoms. The van der Waals surface area contributed by atoms with Crippen LogP contribution in [-0.4, -0.2) is 40.8 Å². The molecule has 0 spiro atoms. The first kappa shape index (κ1) is 28.6. The van der Waals surface area contributed by atoms with Crippen LogP contribution in [0.3, 0.4) is 0 Å². The van der Waals surface area contributed by atoms with Gasteiger partial charge in [0.2, 0.25) is 0 Å². The van der Waals surface area contributed by atoms with Crippen molar-refractivity contribution in [1.29, 1.82) is 10.5 Å². The van der Waals surface area contributed by atoms with Gasteiger partial charge in [0.1, 0.15) is 0 Å². The molecule has 141 valence electrons. The SMILES string of the molecule is N#C[S-].N#C[S-].[Mn+2].c1cn[nH]c1.c1cn[nH]c1.c1cn[nH]c1.c1cn[nH]c1. The van der Waals surface area contributed by atoms with Crippen LogP contribution in [0.15, 0.2) is 73.8 Å². The van der Waals surface area contributed by atoms with Gasteiger partial charge in [0.15, 0.2) is 0 Å². The molecule has 0 saturated carbocycles. The molecule has 4 heterocycles. The van der Waals surface area contributed by atoms with Gasteiger partial charge in [-0.3, -0.25) is 20.4 Å². The summed E-state index contributed by atoms with van der Waals surface area (Å²) in [6.45, 7) is 0.